The quantitative estimate of drug-likeness (QED) is 0.467. The Morgan fingerprint density at radius 3 is 2.47 bits per heavy atom. The van der Waals surface area contributed by atoms with Crippen molar-refractivity contribution in [3.63, 3.8) is 0 Å². The first-order valence-corrected chi connectivity index (χ1v) is 9.78. The lowest BCUT2D eigenvalue weighted by Gasteiger charge is -2.17. The molecule has 11 heteroatoms. The second-order valence-corrected chi connectivity index (χ2v) is 6.72. The monoisotopic (exact) mass is 466 g/mol. The molecule has 3 aromatic rings. The Kier molecular flexibility index (Phi) is 7.37. The van der Waals surface area contributed by atoms with E-state index in [1.54, 1.807) is 6.92 Å². The van der Waals surface area contributed by atoms with Gasteiger partial charge in [-0.2, -0.15) is 4.98 Å². The summed E-state index contributed by atoms with van der Waals surface area (Å²) in [7, 11) is 2.77. The van der Waals surface area contributed by atoms with Crippen molar-refractivity contribution in [2.24, 2.45) is 0 Å². The van der Waals surface area contributed by atoms with Crippen LogP contribution in [0.15, 0.2) is 30.6 Å². The van der Waals surface area contributed by atoms with E-state index in [4.69, 9.17) is 36.3 Å². The SMILES string of the molecule is CCOc1ncnc(Nc2cc(OCc3c(OC)ccc(F)c3F)c(OC)cc2Cl)c1N. The molecular weight excluding hydrogens is 446 g/mol. The number of ether oxygens (including phenoxy) is 4. The van der Waals surface area contributed by atoms with Crippen molar-refractivity contribution in [1.29, 1.82) is 0 Å². The van der Waals surface area contributed by atoms with Crippen molar-refractivity contribution in [3.05, 3.63) is 52.8 Å². The summed E-state index contributed by atoms with van der Waals surface area (Å²) in [6.45, 7) is 1.85. The fraction of sp³-hybridized carbons (Fsp3) is 0.238. The molecule has 170 valence electrons. The van der Waals surface area contributed by atoms with Crippen LogP contribution in [0, 0.1) is 11.6 Å². The van der Waals surface area contributed by atoms with Crippen LogP contribution in [0.25, 0.3) is 0 Å². The number of nitrogens with two attached hydrogens (primary N) is 1. The Morgan fingerprint density at radius 2 is 1.78 bits per heavy atom. The van der Waals surface area contributed by atoms with E-state index in [9.17, 15) is 8.78 Å². The van der Waals surface area contributed by atoms with E-state index in [0.717, 1.165) is 6.07 Å². The van der Waals surface area contributed by atoms with Crippen LogP contribution in [0.3, 0.4) is 0 Å². The summed E-state index contributed by atoms with van der Waals surface area (Å²) in [5, 5.41) is 3.27. The van der Waals surface area contributed by atoms with Gasteiger partial charge < -0.3 is 30.0 Å². The van der Waals surface area contributed by atoms with Gasteiger partial charge in [0, 0.05) is 12.1 Å². The van der Waals surface area contributed by atoms with E-state index in [1.165, 1.54) is 38.7 Å². The number of rotatable bonds is 9. The van der Waals surface area contributed by atoms with Crippen molar-refractivity contribution < 1.29 is 27.7 Å². The zero-order chi connectivity index (χ0) is 23.3. The maximum Gasteiger partial charge on any atom is 0.242 e. The lowest BCUT2D eigenvalue weighted by molar-refractivity contribution is 0.270. The summed E-state index contributed by atoms with van der Waals surface area (Å²) < 4.78 is 49.4. The second-order valence-electron chi connectivity index (χ2n) is 6.31. The van der Waals surface area contributed by atoms with Gasteiger partial charge in [-0.1, -0.05) is 11.6 Å². The molecule has 0 unspecified atom stereocenters. The Labute approximate surface area is 188 Å². The predicted octanol–water partition coefficient (Wildman–Crippen LogP) is 4.73. The molecule has 0 saturated carbocycles. The number of hydrogen-bond acceptors (Lipinski definition) is 8. The molecule has 0 aliphatic carbocycles. The van der Waals surface area contributed by atoms with Crippen LogP contribution < -0.4 is 30.0 Å². The Hall–Kier alpha value is -3.53. The Bertz CT molecular complexity index is 1120. The first-order chi connectivity index (χ1) is 15.4. The topological polar surface area (TPSA) is 101 Å². The highest BCUT2D eigenvalue weighted by Gasteiger charge is 2.18. The standard InChI is InChI=1S/C21H21ClF2N4O4/c1-4-31-21-19(25)20(26-10-27-21)28-14-8-17(16(30-3)7-12(14)22)32-9-11-15(29-2)6-5-13(23)18(11)24/h5-8,10H,4,9,25H2,1-3H3,(H,26,27,28). The van der Waals surface area contributed by atoms with Gasteiger partial charge in [0.15, 0.2) is 29.0 Å². The summed E-state index contributed by atoms with van der Waals surface area (Å²) in [6, 6.07) is 5.31. The minimum Gasteiger partial charge on any atom is -0.496 e. The summed E-state index contributed by atoms with van der Waals surface area (Å²) in [5.74, 6) is -0.955. The maximum atomic E-state index is 14.3. The average molecular weight is 467 g/mol. The van der Waals surface area contributed by atoms with Gasteiger partial charge >= 0.3 is 0 Å². The molecule has 3 N–H and O–H groups in total. The maximum absolute atomic E-state index is 14.3. The molecule has 0 fully saturated rings. The van der Waals surface area contributed by atoms with Crippen LogP contribution in [-0.4, -0.2) is 30.8 Å². The number of halogens is 3. The van der Waals surface area contributed by atoms with E-state index in [2.05, 4.69) is 15.3 Å². The van der Waals surface area contributed by atoms with Crippen molar-refractivity contribution in [2.45, 2.75) is 13.5 Å². The van der Waals surface area contributed by atoms with Crippen molar-refractivity contribution in [2.75, 3.05) is 31.9 Å². The smallest absolute Gasteiger partial charge is 0.242 e. The molecule has 0 aliphatic rings. The fourth-order valence-corrected chi connectivity index (χ4v) is 3.01. The summed E-state index contributed by atoms with van der Waals surface area (Å²) in [4.78, 5) is 8.08. The first-order valence-electron chi connectivity index (χ1n) is 9.41. The molecule has 3 rings (SSSR count). The number of nitrogen functional groups attached to an aromatic ring is 1. The first kappa shape index (κ1) is 23.1. The number of benzene rings is 2. The number of methoxy groups -OCH3 is 2. The zero-order valence-corrected chi connectivity index (χ0v) is 18.3. The van der Waals surface area contributed by atoms with Gasteiger partial charge in [0.2, 0.25) is 5.88 Å². The van der Waals surface area contributed by atoms with Gasteiger partial charge in [0.05, 0.1) is 37.1 Å². The molecule has 2 aromatic carbocycles. The molecular formula is C21H21ClF2N4O4. The number of aromatic nitrogens is 2. The van der Waals surface area contributed by atoms with Gasteiger partial charge in [0.1, 0.15) is 24.4 Å². The Morgan fingerprint density at radius 1 is 1.03 bits per heavy atom. The van der Waals surface area contributed by atoms with Crippen molar-refractivity contribution in [3.8, 4) is 23.1 Å². The molecule has 0 aliphatic heterocycles. The normalized spacial score (nSPS) is 10.6. The Balaban J connectivity index is 1.92. The van der Waals surface area contributed by atoms with Gasteiger partial charge in [0.25, 0.3) is 0 Å². The highest BCUT2D eigenvalue weighted by molar-refractivity contribution is 6.33. The minimum atomic E-state index is -1.06. The largest absolute Gasteiger partial charge is 0.496 e. The molecule has 0 radical (unpaired) electrons. The van der Waals surface area contributed by atoms with Crippen LogP contribution in [0.5, 0.6) is 23.1 Å². The third-order valence-corrected chi connectivity index (χ3v) is 4.69. The fourth-order valence-electron chi connectivity index (χ4n) is 2.81. The van der Waals surface area contributed by atoms with Crippen LogP contribution in [0.2, 0.25) is 5.02 Å². The second kappa shape index (κ2) is 10.2. The highest BCUT2D eigenvalue weighted by atomic mass is 35.5. The molecule has 1 aromatic heterocycles. The average Bonchev–Trinajstić information content (AvgIpc) is 2.79. The van der Waals surface area contributed by atoms with Gasteiger partial charge in [-0.15, -0.1) is 0 Å². The molecule has 0 spiro atoms. The van der Waals surface area contributed by atoms with Crippen LogP contribution in [0.4, 0.5) is 26.0 Å². The third-order valence-electron chi connectivity index (χ3n) is 4.38. The van der Waals surface area contributed by atoms with E-state index in [-0.39, 0.29) is 51.8 Å². The van der Waals surface area contributed by atoms with Crippen LogP contribution in [0.1, 0.15) is 12.5 Å². The number of nitrogens with zero attached hydrogens (tertiary/aromatic N) is 2. The van der Waals surface area contributed by atoms with Crippen LogP contribution >= 0.6 is 11.6 Å². The van der Waals surface area contributed by atoms with Gasteiger partial charge in [-0.25, -0.2) is 13.8 Å². The highest BCUT2D eigenvalue weighted by Crippen LogP contribution is 2.39. The molecule has 8 nitrogen and oxygen atoms in total. The molecule has 32 heavy (non-hydrogen) atoms. The number of nitrogens with one attached hydrogen (secondary N) is 1. The van der Waals surface area contributed by atoms with Crippen molar-refractivity contribution >= 4 is 28.8 Å². The molecule has 0 bridgehead atoms. The van der Waals surface area contributed by atoms with Crippen molar-refractivity contribution in [1.82, 2.24) is 9.97 Å². The molecule has 0 saturated heterocycles. The van der Waals surface area contributed by atoms with E-state index >= 15 is 0 Å². The number of anilines is 3. The van der Waals surface area contributed by atoms with E-state index in [1.807, 2.05) is 0 Å². The van der Waals surface area contributed by atoms with Gasteiger partial charge in [-0.05, 0) is 19.1 Å². The molecule has 0 amide bonds. The van der Waals surface area contributed by atoms with Gasteiger partial charge in [-0.3, -0.25) is 0 Å². The lowest BCUT2D eigenvalue weighted by atomic mass is 10.2. The minimum absolute atomic E-state index is 0.0830. The van der Waals surface area contributed by atoms with E-state index < -0.39 is 11.6 Å². The summed E-state index contributed by atoms with van der Waals surface area (Å²) in [5.41, 5.74) is 6.54. The summed E-state index contributed by atoms with van der Waals surface area (Å²) >= 11 is 6.35. The predicted molar refractivity (Wildman–Crippen MR) is 116 cm³/mol. The molecule has 0 atom stereocenters. The summed E-state index contributed by atoms with van der Waals surface area (Å²) in [6.07, 6.45) is 1.29. The molecule has 1 heterocycles. The zero-order valence-electron chi connectivity index (χ0n) is 17.5. The van der Waals surface area contributed by atoms with E-state index in [0.29, 0.717) is 12.3 Å². The van der Waals surface area contributed by atoms with Crippen LogP contribution in [-0.2, 0) is 6.61 Å². The number of hydrogen-bond donors (Lipinski definition) is 2. The third kappa shape index (κ3) is 4.86. The lowest BCUT2D eigenvalue weighted by Crippen LogP contribution is -2.06.